The molecule has 1 saturated carbocycles. The Bertz CT molecular complexity index is 365. The van der Waals surface area contributed by atoms with E-state index in [1.807, 2.05) is 7.11 Å². The molecule has 1 fully saturated rings. The number of ether oxygens (including phenoxy) is 1. The molecular formula is C15H23NO. The van der Waals surface area contributed by atoms with Crippen LogP contribution in [0.4, 0.5) is 0 Å². The zero-order chi connectivity index (χ0) is 12.3. The number of hydrogen-bond acceptors (Lipinski definition) is 2. The van der Waals surface area contributed by atoms with Gasteiger partial charge in [-0.25, -0.2) is 0 Å². The molecule has 0 amide bonds. The van der Waals surface area contributed by atoms with Crippen LogP contribution in [0.15, 0.2) is 24.3 Å². The lowest BCUT2D eigenvalue weighted by Crippen LogP contribution is -2.48. The molecule has 0 spiro atoms. The molecule has 0 heterocycles. The molecule has 1 aromatic rings. The molecule has 0 radical (unpaired) electrons. The van der Waals surface area contributed by atoms with E-state index >= 15 is 0 Å². The van der Waals surface area contributed by atoms with Gasteiger partial charge in [0.15, 0.2) is 0 Å². The highest BCUT2D eigenvalue weighted by molar-refractivity contribution is 5.28. The van der Waals surface area contributed by atoms with E-state index in [9.17, 15) is 0 Å². The number of aryl methyl sites for hydroxylation is 1. The van der Waals surface area contributed by atoms with Crippen molar-refractivity contribution < 1.29 is 4.74 Å². The van der Waals surface area contributed by atoms with Gasteiger partial charge < -0.3 is 10.1 Å². The molecule has 2 heteroatoms. The molecule has 1 atom stereocenters. The maximum Gasteiger partial charge on any atom is 0.0802 e. The predicted molar refractivity (Wildman–Crippen MR) is 71.2 cm³/mol. The zero-order valence-electron chi connectivity index (χ0n) is 11.1. The summed E-state index contributed by atoms with van der Waals surface area (Å²) in [5.74, 6) is 0. The number of rotatable bonds is 5. The van der Waals surface area contributed by atoms with E-state index in [0.717, 1.165) is 6.54 Å². The molecule has 1 aliphatic rings. The van der Waals surface area contributed by atoms with Crippen molar-refractivity contribution in [2.24, 2.45) is 0 Å². The van der Waals surface area contributed by atoms with E-state index in [1.165, 1.54) is 30.4 Å². The Morgan fingerprint density at radius 1 is 1.35 bits per heavy atom. The average Bonchev–Trinajstić information content (AvgIpc) is 2.28. The molecule has 2 nitrogen and oxygen atoms in total. The van der Waals surface area contributed by atoms with E-state index in [0.29, 0.717) is 6.04 Å². The van der Waals surface area contributed by atoms with Crippen LogP contribution in [-0.4, -0.2) is 19.3 Å². The van der Waals surface area contributed by atoms with Gasteiger partial charge in [-0.05, 0) is 44.2 Å². The molecule has 0 bridgehead atoms. The van der Waals surface area contributed by atoms with Crippen molar-refractivity contribution in [3.8, 4) is 0 Å². The molecule has 0 aromatic heterocycles. The molecule has 1 unspecified atom stereocenters. The van der Waals surface area contributed by atoms with E-state index in [-0.39, 0.29) is 5.60 Å². The highest BCUT2D eigenvalue weighted by atomic mass is 16.5. The molecule has 1 aromatic carbocycles. The summed E-state index contributed by atoms with van der Waals surface area (Å²) in [5.41, 5.74) is 2.85. The van der Waals surface area contributed by atoms with Gasteiger partial charge >= 0.3 is 0 Å². The lowest BCUT2D eigenvalue weighted by Gasteiger charge is -2.41. The summed E-state index contributed by atoms with van der Waals surface area (Å²) in [6.45, 7) is 5.35. The normalized spacial score (nSPS) is 19.7. The van der Waals surface area contributed by atoms with Crippen molar-refractivity contribution in [1.29, 1.82) is 0 Å². The first-order chi connectivity index (χ1) is 8.17. The largest absolute Gasteiger partial charge is 0.377 e. The van der Waals surface area contributed by atoms with E-state index in [4.69, 9.17) is 4.74 Å². The Kier molecular flexibility index (Phi) is 3.85. The lowest BCUT2D eigenvalue weighted by molar-refractivity contribution is -0.0706. The van der Waals surface area contributed by atoms with Gasteiger partial charge in [0, 0.05) is 19.7 Å². The third-order valence-corrected chi connectivity index (χ3v) is 4.08. The first kappa shape index (κ1) is 12.6. The number of hydrogen-bond donors (Lipinski definition) is 1. The van der Waals surface area contributed by atoms with Crippen LogP contribution < -0.4 is 5.32 Å². The van der Waals surface area contributed by atoms with Crippen molar-refractivity contribution in [2.75, 3.05) is 13.7 Å². The third kappa shape index (κ3) is 2.70. The van der Waals surface area contributed by atoms with E-state index in [2.05, 4.69) is 43.4 Å². The topological polar surface area (TPSA) is 21.3 Å². The standard InChI is InChI=1S/C15H23NO/c1-12-7-4-5-8-14(12)13(2)16-11-15(17-3)9-6-10-15/h4-5,7-8,13,16H,6,9-11H2,1-3H3. The summed E-state index contributed by atoms with van der Waals surface area (Å²) in [4.78, 5) is 0. The third-order valence-electron chi connectivity index (χ3n) is 4.08. The maximum absolute atomic E-state index is 5.63. The smallest absolute Gasteiger partial charge is 0.0802 e. The Morgan fingerprint density at radius 2 is 2.06 bits per heavy atom. The summed E-state index contributed by atoms with van der Waals surface area (Å²) in [6.07, 6.45) is 3.68. The second-order valence-electron chi connectivity index (χ2n) is 5.20. The van der Waals surface area contributed by atoms with Gasteiger partial charge in [0.1, 0.15) is 0 Å². The Balaban J connectivity index is 1.93. The van der Waals surface area contributed by atoms with Gasteiger partial charge in [-0.2, -0.15) is 0 Å². The quantitative estimate of drug-likeness (QED) is 0.843. The monoisotopic (exact) mass is 233 g/mol. The molecule has 0 saturated heterocycles. The molecule has 1 N–H and O–H groups in total. The molecule has 17 heavy (non-hydrogen) atoms. The maximum atomic E-state index is 5.63. The van der Waals surface area contributed by atoms with Gasteiger partial charge in [0.2, 0.25) is 0 Å². The van der Waals surface area contributed by atoms with Crippen LogP contribution in [0.3, 0.4) is 0 Å². The fourth-order valence-corrected chi connectivity index (χ4v) is 2.55. The van der Waals surface area contributed by atoms with Crippen LogP contribution in [0.5, 0.6) is 0 Å². The second-order valence-corrected chi connectivity index (χ2v) is 5.20. The number of methoxy groups -OCH3 is 1. The van der Waals surface area contributed by atoms with Gasteiger partial charge in [-0.3, -0.25) is 0 Å². The minimum absolute atomic E-state index is 0.108. The van der Waals surface area contributed by atoms with Gasteiger partial charge in [-0.15, -0.1) is 0 Å². The molecule has 0 aliphatic heterocycles. The minimum atomic E-state index is 0.108. The Hall–Kier alpha value is -0.860. The molecular weight excluding hydrogens is 210 g/mol. The van der Waals surface area contributed by atoms with Crippen molar-refractivity contribution in [3.05, 3.63) is 35.4 Å². The van der Waals surface area contributed by atoms with E-state index < -0.39 is 0 Å². The van der Waals surface area contributed by atoms with Crippen LogP contribution >= 0.6 is 0 Å². The Labute approximate surface area is 104 Å². The van der Waals surface area contributed by atoms with Crippen molar-refractivity contribution in [2.45, 2.75) is 44.8 Å². The minimum Gasteiger partial charge on any atom is -0.377 e. The number of benzene rings is 1. The van der Waals surface area contributed by atoms with Crippen LogP contribution in [0.25, 0.3) is 0 Å². The van der Waals surface area contributed by atoms with Crippen molar-refractivity contribution in [3.63, 3.8) is 0 Å². The van der Waals surface area contributed by atoms with Gasteiger partial charge in [-0.1, -0.05) is 24.3 Å². The molecule has 94 valence electrons. The number of nitrogens with one attached hydrogen (secondary N) is 1. The van der Waals surface area contributed by atoms with E-state index in [1.54, 1.807) is 0 Å². The summed E-state index contributed by atoms with van der Waals surface area (Å²) in [5, 5.41) is 3.61. The predicted octanol–water partition coefficient (Wildman–Crippen LogP) is 3.21. The SMILES string of the molecule is COC1(CNC(C)c2ccccc2C)CCC1. The van der Waals surface area contributed by atoms with Crippen LogP contribution in [-0.2, 0) is 4.74 Å². The Morgan fingerprint density at radius 3 is 2.59 bits per heavy atom. The van der Waals surface area contributed by atoms with Crippen molar-refractivity contribution in [1.82, 2.24) is 5.32 Å². The average molecular weight is 233 g/mol. The van der Waals surface area contributed by atoms with Crippen molar-refractivity contribution >= 4 is 0 Å². The highest BCUT2D eigenvalue weighted by Gasteiger charge is 2.36. The fraction of sp³-hybridized carbons (Fsp3) is 0.600. The summed E-state index contributed by atoms with van der Waals surface area (Å²) in [6, 6.07) is 8.96. The summed E-state index contributed by atoms with van der Waals surface area (Å²) < 4.78 is 5.63. The fourth-order valence-electron chi connectivity index (χ4n) is 2.55. The summed E-state index contributed by atoms with van der Waals surface area (Å²) in [7, 11) is 1.83. The van der Waals surface area contributed by atoms with Crippen LogP contribution in [0, 0.1) is 6.92 Å². The van der Waals surface area contributed by atoms with Gasteiger partial charge in [0.25, 0.3) is 0 Å². The van der Waals surface area contributed by atoms with Gasteiger partial charge in [0.05, 0.1) is 5.60 Å². The first-order valence-electron chi connectivity index (χ1n) is 6.51. The molecule has 2 rings (SSSR count). The molecule has 1 aliphatic carbocycles. The zero-order valence-corrected chi connectivity index (χ0v) is 11.1. The first-order valence-corrected chi connectivity index (χ1v) is 6.51. The lowest BCUT2D eigenvalue weighted by atomic mass is 9.79. The van der Waals surface area contributed by atoms with Crippen LogP contribution in [0.2, 0.25) is 0 Å². The second kappa shape index (κ2) is 5.19. The summed E-state index contributed by atoms with van der Waals surface area (Å²) >= 11 is 0. The van der Waals surface area contributed by atoms with Crippen LogP contribution in [0.1, 0.15) is 43.4 Å². The highest BCUT2D eigenvalue weighted by Crippen LogP contribution is 2.34.